The Bertz CT molecular complexity index is 1160. The van der Waals surface area contributed by atoms with Crippen LogP contribution in [-0.2, 0) is 31.3 Å². The van der Waals surface area contributed by atoms with Gasteiger partial charge in [0.1, 0.15) is 5.76 Å². The van der Waals surface area contributed by atoms with E-state index in [1.165, 1.54) is 34.0 Å². The molecule has 1 N–H and O–H groups in total. The van der Waals surface area contributed by atoms with Gasteiger partial charge in [-0.05, 0) is 67.7 Å². The van der Waals surface area contributed by atoms with Crippen LogP contribution < -0.4 is 0 Å². The topological polar surface area (TPSA) is 50.2 Å². The molecule has 2 aromatic rings. The summed E-state index contributed by atoms with van der Waals surface area (Å²) < 4.78 is 0. The van der Waals surface area contributed by atoms with Crippen molar-refractivity contribution in [3.63, 3.8) is 0 Å². The molecule has 1 aliphatic carbocycles. The van der Waals surface area contributed by atoms with Crippen molar-refractivity contribution < 1.29 is 30.0 Å². The standard InChI is InChI=1S/C21H24N.C15H28O2.Ir/c1-14(2)10-17-6-5-7-21-19(17)8-9-20(22-21)18-12-15(3)11-16(4)13-18;1-7-14(5,8-2)12(16)11-13(17)15(6,9-3)10-4;/h6,8-9,11-12,14H,5,7,10H2,1-4H3;11,16H,7-10H2,1-6H3;/q-1;;/b;12-11-;. The molecule has 0 saturated carbocycles. The minimum absolute atomic E-state index is 0. The van der Waals surface area contributed by atoms with Crippen molar-refractivity contribution in [3.8, 4) is 11.3 Å². The third kappa shape index (κ3) is 9.25. The second kappa shape index (κ2) is 15.8. The van der Waals surface area contributed by atoms with E-state index in [2.05, 4.69) is 64.1 Å². The molecule has 0 fully saturated rings. The van der Waals surface area contributed by atoms with Crippen molar-refractivity contribution in [1.82, 2.24) is 4.98 Å². The third-order valence-corrected chi connectivity index (χ3v) is 8.75. The van der Waals surface area contributed by atoms with Crippen molar-refractivity contribution in [2.24, 2.45) is 16.7 Å². The van der Waals surface area contributed by atoms with E-state index in [1.54, 1.807) is 0 Å². The number of allylic oxidation sites excluding steroid dienone is 4. The number of aromatic nitrogens is 1. The molecular weight excluding hydrogens is 671 g/mol. The van der Waals surface area contributed by atoms with Crippen LogP contribution in [0.4, 0.5) is 0 Å². The Kier molecular flexibility index (Phi) is 14.2. The number of pyridine rings is 1. The minimum Gasteiger partial charge on any atom is -0.512 e. The number of hydrogen-bond donors (Lipinski definition) is 1. The normalized spacial score (nSPS) is 13.6. The summed E-state index contributed by atoms with van der Waals surface area (Å²) in [4.78, 5) is 17.1. The summed E-state index contributed by atoms with van der Waals surface area (Å²) in [5.41, 5.74) is 8.09. The number of benzene rings is 1. The number of rotatable bonds is 10. The van der Waals surface area contributed by atoms with E-state index in [-0.39, 0.29) is 42.5 Å². The van der Waals surface area contributed by atoms with Crippen LogP contribution in [0.5, 0.6) is 0 Å². The summed E-state index contributed by atoms with van der Waals surface area (Å²) >= 11 is 0. The number of nitrogens with zero attached hydrogens (tertiary/aromatic N) is 1. The first-order chi connectivity index (χ1) is 18.3. The van der Waals surface area contributed by atoms with E-state index in [0.29, 0.717) is 5.92 Å². The number of hydrogen-bond acceptors (Lipinski definition) is 3. The number of fused-ring (bicyclic) bond motifs is 1. The van der Waals surface area contributed by atoms with Gasteiger partial charge in [-0.1, -0.05) is 87.4 Å². The van der Waals surface area contributed by atoms with Crippen LogP contribution in [-0.4, -0.2) is 15.9 Å². The molecule has 0 bridgehead atoms. The molecular formula is C36H52IrNO2-. The Morgan fingerprint density at radius 2 is 1.62 bits per heavy atom. The van der Waals surface area contributed by atoms with Gasteiger partial charge in [-0.25, -0.2) is 0 Å². The van der Waals surface area contributed by atoms with E-state index in [9.17, 15) is 9.90 Å². The predicted molar refractivity (Wildman–Crippen MR) is 167 cm³/mol. The summed E-state index contributed by atoms with van der Waals surface area (Å²) in [6.07, 6.45) is 10.5. The molecule has 1 aromatic heterocycles. The molecule has 0 saturated heterocycles. The van der Waals surface area contributed by atoms with Gasteiger partial charge in [-0.15, -0.1) is 34.9 Å². The summed E-state index contributed by atoms with van der Waals surface area (Å²) in [5, 5.41) is 10.1. The quantitative estimate of drug-likeness (QED) is 0.151. The molecule has 3 nitrogen and oxygen atoms in total. The average Bonchev–Trinajstić information content (AvgIpc) is 2.91. The maximum atomic E-state index is 12.2. The molecule has 0 amide bonds. The summed E-state index contributed by atoms with van der Waals surface area (Å²) in [6, 6.07) is 12.2. The van der Waals surface area contributed by atoms with Gasteiger partial charge in [0, 0.05) is 42.7 Å². The zero-order valence-electron chi connectivity index (χ0n) is 26.6. The van der Waals surface area contributed by atoms with Crippen LogP contribution in [0.25, 0.3) is 16.8 Å². The Labute approximate surface area is 258 Å². The largest absolute Gasteiger partial charge is 0.512 e. The van der Waals surface area contributed by atoms with Gasteiger partial charge in [0.05, 0.1) is 0 Å². The van der Waals surface area contributed by atoms with Crippen LogP contribution in [0.2, 0.25) is 0 Å². The first-order valence-corrected chi connectivity index (χ1v) is 15.0. The molecule has 3 rings (SSSR count). The zero-order valence-corrected chi connectivity index (χ0v) is 29.0. The van der Waals surface area contributed by atoms with Crippen LogP contribution in [0.1, 0.15) is 116 Å². The number of carbonyl (C=O) groups excluding carboxylic acids is 1. The van der Waals surface area contributed by atoms with Gasteiger partial charge in [-0.3, -0.25) is 4.79 Å². The van der Waals surface area contributed by atoms with Gasteiger partial charge in [-0.2, -0.15) is 0 Å². The second-order valence-corrected chi connectivity index (χ2v) is 12.2. The van der Waals surface area contributed by atoms with E-state index in [1.807, 2.05) is 41.5 Å². The van der Waals surface area contributed by atoms with Crippen molar-refractivity contribution in [3.05, 3.63) is 70.6 Å². The summed E-state index contributed by atoms with van der Waals surface area (Å²) in [7, 11) is 0. The average molecular weight is 723 g/mol. The van der Waals surface area contributed by atoms with Crippen LogP contribution in [0, 0.1) is 36.7 Å². The Morgan fingerprint density at radius 3 is 2.15 bits per heavy atom. The maximum absolute atomic E-state index is 12.2. The van der Waals surface area contributed by atoms with Crippen molar-refractivity contribution in [2.45, 2.75) is 114 Å². The minimum atomic E-state index is -0.337. The molecule has 1 radical (unpaired) electrons. The SMILES string of the molecule is CCC(C)(CC)C(=O)/C=C(\O)C(C)(CC)CC.Cc1[c-]c(-c2ccc3c(n2)CCC=C3CC(C)C)cc(C)c1.[Ir]. The van der Waals surface area contributed by atoms with E-state index < -0.39 is 0 Å². The Morgan fingerprint density at radius 1 is 1.02 bits per heavy atom. The molecule has 40 heavy (non-hydrogen) atoms. The summed E-state index contributed by atoms with van der Waals surface area (Å²) in [5.74, 6) is 0.971. The van der Waals surface area contributed by atoms with Crippen LogP contribution in [0.3, 0.4) is 0 Å². The second-order valence-electron chi connectivity index (χ2n) is 12.2. The first kappa shape index (κ1) is 36.0. The first-order valence-electron chi connectivity index (χ1n) is 15.0. The molecule has 4 heteroatoms. The number of aliphatic hydroxyl groups excluding tert-OH is 1. The number of aryl methyl sites for hydroxylation is 3. The van der Waals surface area contributed by atoms with E-state index in [4.69, 9.17) is 4.98 Å². The predicted octanol–water partition coefficient (Wildman–Crippen LogP) is 10.2. The van der Waals surface area contributed by atoms with Gasteiger partial charge in [0.25, 0.3) is 0 Å². The fourth-order valence-electron chi connectivity index (χ4n) is 4.98. The Balaban J connectivity index is 0.000000406. The van der Waals surface area contributed by atoms with Crippen molar-refractivity contribution in [2.75, 3.05) is 0 Å². The van der Waals surface area contributed by atoms with Gasteiger partial charge in [0.15, 0.2) is 5.78 Å². The molecule has 1 aromatic carbocycles. The van der Waals surface area contributed by atoms with Crippen molar-refractivity contribution >= 4 is 11.4 Å². The fraction of sp³-hybridized carbons (Fsp3) is 0.556. The van der Waals surface area contributed by atoms with E-state index >= 15 is 0 Å². The molecule has 0 unspecified atom stereocenters. The van der Waals surface area contributed by atoms with E-state index in [0.717, 1.165) is 56.2 Å². The van der Waals surface area contributed by atoms with Gasteiger partial charge >= 0.3 is 0 Å². The molecule has 223 valence electrons. The number of ketones is 1. The number of carbonyl (C=O) groups is 1. The maximum Gasteiger partial charge on any atom is 0.164 e. The molecule has 0 spiro atoms. The van der Waals surface area contributed by atoms with Crippen LogP contribution in [0.15, 0.2) is 42.2 Å². The smallest absolute Gasteiger partial charge is 0.164 e. The zero-order chi connectivity index (χ0) is 29.4. The molecule has 0 aliphatic heterocycles. The number of aliphatic hydroxyl groups is 1. The molecule has 0 atom stereocenters. The van der Waals surface area contributed by atoms with Gasteiger partial charge in [0.2, 0.25) is 0 Å². The monoisotopic (exact) mass is 723 g/mol. The molecule has 1 heterocycles. The van der Waals surface area contributed by atoms with Crippen molar-refractivity contribution in [1.29, 1.82) is 0 Å². The summed E-state index contributed by atoms with van der Waals surface area (Å²) in [6.45, 7) is 20.9. The third-order valence-electron chi connectivity index (χ3n) is 8.75. The van der Waals surface area contributed by atoms with Crippen LogP contribution >= 0.6 is 0 Å². The fourth-order valence-corrected chi connectivity index (χ4v) is 4.98. The van der Waals surface area contributed by atoms with Gasteiger partial charge < -0.3 is 10.1 Å². The Hall–Kier alpha value is -2.03. The molecule has 1 aliphatic rings.